The number of hydrogen-bond donors (Lipinski definition) is 2. The van der Waals surface area contributed by atoms with Crippen LogP contribution in [0.5, 0.6) is 0 Å². The van der Waals surface area contributed by atoms with Crippen molar-refractivity contribution in [1.82, 2.24) is 0 Å². The van der Waals surface area contributed by atoms with Gasteiger partial charge in [0.05, 0.1) is 0 Å². The molecule has 0 radical (unpaired) electrons. The van der Waals surface area contributed by atoms with E-state index in [-0.39, 0.29) is 0 Å². The third-order valence-electron chi connectivity index (χ3n) is 0.920. The Morgan fingerprint density at radius 1 is 1.67 bits per heavy atom. The van der Waals surface area contributed by atoms with Crippen LogP contribution in [0.2, 0.25) is 0 Å². The largest absolute Gasteiger partial charge is 0.283 e. The van der Waals surface area contributed by atoms with E-state index >= 15 is 0 Å². The maximum atomic E-state index is 5.48. The number of rotatable bonds is 3. The minimum absolute atomic E-state index is 0.505. The van der Waals surface area contributed by atoms with Crippen LogP contribution >= 0.6 is 16.9 Å². The molecule has 0 heterocycles. The lowest BCUT2D eigenvalue weighted by Gasteiger charge is -2.13. The van der Waals surface area contributed by atoms with E-state index in [1.165, 1.54) is 11.4 Å². The zero-order chi connectivity index (χ0) is 7.49. The highest BCUT2D eigenvalue weighted by Crippen LogP contribution is 2.46. The van der Waals surface area contributed by atoms with Crippen molar-refractivity contribution in [3.63, 3.8) is 0 Å². The molecule has 4 N–H and O–H groups in total. The summed E-state index contributed by atoms with van der Waals surface area (Å²) in [7, 11) is 0. The van der Waals surface area contributed by atoms with Gasteiger partial charge in [-0.05, 0) is 6.42 Å². The summed E-state index contributed by atoms with van der Waals surface area (Å²) in [4.78, 5) is 0. The van der Waals surface area contributed by atoms with Crippen LogP contribution in [-0.4, -0.2) is 5.25 Å². The van der Waals surface area contributed by atoms with Gasteiger partial charge in [0.2, 0.25) is 0 Å². The summed E-state index contributed by atoms with van der Waals surface area (Å²) >= 11 is 6.40. The van der Waals surface area contributed by atoms with Gasteiger partial charge in [-0.3, -0.25) is 11.0 Å². The molecule has 0 aromatic rings. The molecule has 0 aliphatic heterocycles. The van der Waals surface area contributed by atoms with Crippen LogP contribution in [0.4, 0.5) is 0 Å². The smallest absolute Gasteiger partial charge is 0.122 e. The van der Waals surface area contributed by atoms with E-state index in [0.29, 0.717) is 5.25 Å². The van der Waals surface area contributed by atoms with Gasteiger partial charge in [-0.2, -0.15) is 0 Å². The van der Waals surface area contributed by atoms with E-state index < -0.39 is 5.54 Å². The first kappa shape index (κ1) is 9.92. The number of hydrogen-bond acceptors (Lipinski definition) is 2. The summed E-state index contributed by atoms with van der Waals surface area (Å²) in [5, 5.41) is 0.505. The van der Waals surface area contributed by atoms with E-state index in [4.69, 9.17) is 22.8 Å². The third-order valence-corrected chi connectivity index (χ3v) is 4.79. The predicted molar refractivity (Wildman–Crippen MR) is 50.0 cm³/mol. The highest BCUT2D eigenvalue weighted by atomic mass is 32.9. The summed E-state index contributed by atoms with van der Waals surface area (Å²) in [5.74, 6) is 0. The SMILES string of the molecule is CCC(C)SP(N)(N)=S. The average molecular weight is 184 g/mol. The highest BCUT2D eigenvalue weighted by Gasteiger charge is 2.08. The average Bonchev–Trinajstić information content (AvgIpc) is 1.62. The molecule has 0 rings (SSSR count). The summed E-state index contributed by atoms with van der Waals surface area (Å²) in [5.41, 5.74) is 8.97. The molecule has 1 unspecified atom stereocenters. The first-order valence-corrected chi connectivity index (χ1v) is 7.24. The molecule has 2 nitrogen and oxygen atoms in total. The third kappa shape index (κ3) is 6.81. The maximum Gasteiger partial charge on any atom is 0.122 e. The first-order valence-electron chi connectivity index (χ1n) is 2.81. The van der Waals surface area contributed by atoms with E-state index in [1.54, 1.807) is 0 Å². The Morgan fingerprint density at radius 3 is 2.22 bits per heavy atom. The van der Waals surface area contributed by atoms with Crippen LogP contribution in [0.3, 0.4) is 0 Å². The molecule has 5 heteroatoms. The van der Waals surface area contributed by atoms with Crippen LogP contribution in [0.15, 0.2) is 0 Å². The molecule has 9 heavy (non-hydrogen) atoms. The minimum Gasteiger partial charge on any atom is -0.283 e. The Hall–Kier alpha value is 0.920. The lowest BCUT2D eigenvalue weighted by Crippen LogP contribution is -2.04. The molecule has 0 aromatic carbocycles. The van der Waals surface area contributed by atoms with Gasteiger partial charge in [0.25, 0.3) is 0 Å². The van der Waals surface area contributed by atoms with Crippen molar-refractivity contribution in [1.29, 1.82) is 0 Å². The summed E-state index contributed by atoms with van der Waals surface area (Å²) in [6.07, 6.45) is 1.08. The quantitative estimate of drug-likeness (QED) is 0.655. The summed E-state index contributed by atoms with van der Waals surface area (Å²) in [6, 6.07) is 0. The molecule has 0 fully saturated rings. The maximum absolute atomic E-state index is 5.48. The fourth-order valence-electron chi connectivity index (χ4n) is 0.356. The summed E-state index contributed by atoms with van der Waals surface area (Å²) in [6.45, 7) is 4.19. The fourth-order valence-corrected chi connectivity index (χ4v) is 4.52. The van der Waals surface area contributed by atoms with Crippen molar-refractivity contribution < 1.29 is 0 Å². The molecular formula is C4H13N2PS2. The van der Waals surface area contributed by atoms with E-state index in [9.17, 15) is 0 Å². The first-order chi connectivity index (χ1) is 3.95. The molecule has 0 amide bonds. The van der Waals surface area contributed by atoms with Crippen LogP contribution < -0.4 is 11.0 Å². The lowest BCUT2D eigenvalue weighted by atomic mass is 10.4. The molecule has 0 aromatic heterocycles. The summed E-state index contributed by atoms with van der Waals surface area (Å²) < 4.78 is 0. The molecular weight excluding hydrogens is 171 g/mol. The van der Waals surface area contributed by atoms with Crippen molar-refractivity contribution in [2.75, 3.05) is 0 Å². The van der Waals surface area contributed by atoms with Crippen molar-refractivity contribution >= 4 is 28.7 Å². The normalized spacial score (nSPS) is 15.6. The zero-order valence-electron chi connectivity index (χ0n) is 5.70. The van der Waals surface area contributed by atoms with Crippen LogP contribution in [-0.2, 0) is 11.8 Å². The van der Waals surface area contributed by atoms with E-state index in [2.05, 4.69) is 13.8 Å². The second-order valence-electron chi connectivity index (χ2n) is 1.97. The minimum atomic E-state index is -1.99. The predicted octanol–water partition coefficient (Wildman–Crippen LogP) is 1.66. The van der Waals surface area contributed by atoms with Gasteiger partial charge in [0.15, 0.2) is 0 Å². The van der Waals surface area contributed by atoms with Gasteiger partial charge in [0.1, 0.15) is 5.54 Å². The second-order valence-corrected chi connectivity index (χ2v) is 9.23. The number of nitrogens with two attached hydrogens (primary N) is 2. The Labute approximate surface area is 65.6 Å². The van der Waals surface area contributed by atoms with E-state index in [0.717, 1.165) is 6.42 Å². The van der Waals surface area contributed by atoms with Gasteiger partial charge >= 0.3 is 0 Å². The monoisotopic (exact) mass is 184 g/mol. The molecule has 0 saturated heterocycles. The molecule has 1 atom stereocenters. The van der Waals surface area contributed by atoms with E-state index in [1.807, 2.05) is 0 Å². The van der Waals surface area contributed by atoms with Crippen molar-refractivity contribution in [3.8, 4) is 0 Å². The molecule has 0 spiro atoms. The molecule has 0 bridgehead atoms. The van der Waals surface area contributed by atoms with Crippen LogP contribution in [0, 0.1) is 0 Å². The van der Waals surface area contributed by atoms with Crippen LogP contribution in [0.1, 0.15) is 20.3 Å². The van der Waals surface area contributed by atoms with Crippen molar-refractivity contribution in [3.05, 3.63) is 0 Å². The molecule has 56 valence electrons. The Balaban J connectivity index is 3.60. The second kappa shape index (κ2) is 3.94. The Morgan fingerprint density at radius 2 is 2.11 bits per heavy atom. The van der Waals surface area contributed by atoms with Gasteiger partial charge in [-0.25, -0.2) is 0 Å². The zero-order valence-corrected chi connectivity index (χ0v) is 8.23. The van der Waals surface area contributed by atoms with Crippen LogP contribution in [0.25, 0.3) is 0 Å². The Kier molecular flexibility index (Phi) is 4.34. The fraction of sp³-hybridized carbons (Fsp3) is 1.00. The highest BCUT2D eigenvalue weighted by molar-refractivity contribution is 8.69. The Bertz CT molecular complexity index is 122. The van der Waals surface area contributed by atoms with Gasteiger partial charge in [0, 0.05) is 5.25 Å². The lowest BCUT2D eigenvalue weighted by molar-refractivity contribution is 0.912. The molecule has 0 aliphatic rings. The van der Waals surface area contributed by atoms with Gasteiger partial charge < -0.3 is 0 Å². The molecule has 0 saturated carbocycles. The molecule has 0 aliphatic carbocycles. The van der Waals surface area contributed by atoms with Crippen molar-refractivity contribution in [2.24, 2.45) is 11.0 Å². The van der Waals surface area contributed by atoms with Gasteiger partial charge in [-0.1, -0.05) is 37.0 Å². The standard InChI is InChI=1S/C4H13N2PS2/c1-3-4(2)9-7(5,6)8/h4H,3H2,1-2H3,(H4,5,6,8). The van der Waals surface area contributed by atoms with Gasteiger partial charge in [-0.15, -0.1) is 0 Å². The van der Waals surface area contributed by atoms with Crippen molar-refractivity contribution in [2.45, 2.75) is 25.5 Å². The topological polar surface area (TPSA) is 52.0 Å².